The summed E-state index contributed by atoms with van der Waals surface area (Å²) >= 11 is 0. The van der Waals surface area contributed by atoms with E-state index < -0.39 is 0 Å². The molecule has 7 heteroatoms. The lowest BCUT2D eigenvalue weighted by molar-refractivity contribution is -0.132. The van der Waals surface area contributed by atoms with Crippen LogP contribution in [-0.2, 0) is 4.79 Å². The lowest BCUT2D eigenvalue weighted by Crippen LogP contribution is -2.32. The first-order chi connectivity index (χ1) is 15.2. The second kappa shape index (κ2) is 10.7. The molecule has 7 nitrogen and oxygen atoms in total. The first-order valence-electron chi connectivity index (χ1n) is 11.7. The molecule has 2 aromatic rings. The molecule has 2 fully saturated rings. The van der Waals surface area contributed by atoms with Gasteiger partial charge in [0.15, 0.2) is 0 Å². The Hall–Kier alpha value is -2.54. The first-order valence-corrected chi connectivity index (χ1v) is 11.7. The molecule has 2 aliphatic heterocycles. The Labute approximate surface area is 185 Å². The number of hydrogen-bond acceptors (Lipinski definition) is 6. The zero-order valence-corrected chi connectivity index (χ0v) is 18.6. The van der Waals surface area contributed by atoms with Gasteiger partial charge in [-0.2, -0.15) is 0 Å². The van der Waals surface area contributed by atoms with E-state index in [4.69, 9.17) is 4.98 Å². The lowest BCUT2D eigenvalue weighted by atomic mass is 10.1. The minimum atomic E-state index is 0.0630. The van der Waals surface area contributed by atoms with Crippen molar-refractivity contribution >= 4 is 17.4 Å². The maximum absolute atomic E-state index is 13.0. The van der Waals surface area contributed by atoms with Crippen LogP contribution >= 0.6 is 0 Å². The highest BCUT2D eigenvalue weighted by molar-refractivity contribution is 5.77. The van der Waals surface area contributed by atoms with Crippen LogP contribution in [0.3, 0.4) is 0 Å². The summed E-state index contributed by atoms with van der Waals surface area (Å²) in [6.45, 7) is 6.24. The van der Waals surface area contributed by atoms with E-state index in [2.05, 4.69) is 31.2 Å². The van der Waals surface area contributed by atoms with Crippen molar-refractivity contribution in [2.24, 2.45) is 0 Å². The van der Waals surface area contributed by atoms with Crippen LogP contribution < -0.4 is 5.32 Å². The van der Waals surface area contributed by atoms with Crippen molar-refractivity contribution in [1.82, 2.24) is 24.8 Å². The van der Waals surface area contributed by atoms with Gasteiger partial charge >= 0.3 is 0 Å². The van der Waals surface area contributed by atoms with Crippen LogP contribution in [0.15, 0.2) is 30.7 Å². The van der Waals surface area contributed by atoms with E-state index in [1.165, 1.54) is 38.8 Å². The van der Waals surface area contributed by atoms with E-state index in [0.717, 1.165) is 49.4 Å². The van der Waals surface area contributed by atoms with Gasteiger partial charge in [0.05, 0.1) is 17.9 Å². The normalized spacial score (nSPS) is 19.9. The van der Waals surface area contributed by atoms with E-state index in [1.807, 2.05) is 13.0 Å². The fourth-order valence-electron chi connectivity index (χ4n) is 4.78. The van der Waals surface area contributed by atoms with Gasteiger partial charge in [0.1, 0.15) is 5.82 Å². The topological polar surface area (TPSA) is 74.2 Å². The fraction of sp³-hybridized carbons (Fsp3) is 0.583. The first kappa shape index (κ1) is 21.7. The van der Waals surface area contributed by atoms with E-state index >= 15 is 0 Å². The van der Waals surface area contributed by atoms with Gasteiger partial charge in [-0.05, 0) is 70.8 Å². The number of anilines is 2. The summed E-state index contributed by atoms with van der Waals surface area (Å²) in [5, 5.41) is 3.31. The number of aromatic nitrogens is 3. The van der Waals surface area contributed by atoms with Gasteiger partial charge in [-0.1, -0.05) is 12.8 Å². The Kier molecular flexibility index (Phi) is 7.46. The van der Waals surface area contributed by atoms with Gasteiger partial charge in [0, 0.05) is 36.7 Å². The number of likely N-dealkylation sites (tertiary alicyclic amines) is 2. The van der Waals surface area contributed by atoms with Gasteiger partial charge < -0.3 is 15.1 Å². The quantitative estimate of drug-likeness (QED) is 0.719. The highest BCUT2D eigenvalue weighted by Gasteiger charge is 2.31. The smallest absolute Gasteiger partial charge is 0.223 e. The molecule has 0 aliphatic carbocycles. The third-order valence-electron chi connectivity index (χ3n) is 6.29. The minimum absolute atomic E-state index is 0.0630. The summed E-state index contributed by atoms with van der Waals surface area (Å²) in [5.74, 6) is 0.969. The van der Waals surface area contributed by atoms with Crippen molar-refractivity contribution in [2.45, 2.75) is 64.3 Å². The van der Waals surface area contributed by atoms with Crippen LogP contribution in [0.25, 0.3) is 0 Å². The Morgan fingerprint density at radius 2 is 1.94 bits per heavy atom. The number of carbonyl (C=O) groups is 1. The van der Waals surface area contributed by atoms with Crippen molar-refractivity contribution in [3.63, 3.8) is 0 Å². The van der Waals surface area contributed by atoms with Gasteiger partial charge in [-0.15, -0.1) is 0 Å². The molecule has 4 heterocycles. The number of pyridine rings is 1. The van der Waals surface area contributed by atoms with Crippen molar-refractivity contribution in [3.05, 3.63) is 42.1 Å². The number of amides is 1. The van der Waals surface area contributed by atoms with Gasteiger partial charge in [0.2, 0.25) is 5.91 Å². The van der Waals surface area contributed by atoms with Crippen molar-refractivity contribution in [2.75, 3.05) is 31.5 Å². The van der Waals surface area contributed by atoms with Gasteiger partial charge in [-0.25, -0.2) is 4.98 Å². The van der Waals surface area contributed by atoms with Crippen LogP contribution in [0, 0.1) is 6.92 Å². The number of carbonyl (C=O) groups excluding carboxylic acids is 1. The Morgan fingerprint density at radius 1 is 1.10 bits per heavy atom. The average molecular weight is 423 g/mol. The van der Waals surface area contributed by atoms with Crippen molar-refractivity contribution in [1.29, 1.82) is 0 Å². The molecule has 0 bridgehead atoms. The maximum Gasteiger partial charge on any atom is 0.223 e. The van der Waals surface area contributed by atoms with E-state index in [9.17, 15) is 4.79 Å². The molecule has 2 aliphatic rings. The lowest BCUT2D eigenvalue weighted by Gasteiger charge is -2.26. The molecular weight excluding hydrogens is 388 g/mol. The highest BCUT2D eigenvalue weighted by atomic mass is 16.2. The minimum Gasteiger partial charge on any atom is -0.339 e. The molecule has 0 spiro atoms. The van der Waals surface area contributed by atoms with Crippen LogP contribution in [0.5, 0.6) is 0 Å². The Balaban J connectivity index is 1.37. The summed E-state index contributed by atoms with van der Waals surface area (Å²) in [6.07, 6.45) is 13.9. The number of rotatable bonds is 7. The molecule has 0 aromatic carbocycles. The molecule has 31 heavy (non-hydrogen) atoms. The second-order valence-electron chi connectivity index (χ2n) is 8.74. The zero-order valence-electron chi connectivity index (χ0n) is 18.6. The highest BCUT2D eigenvalue weighted by Crippen LogP contribution is 2.33. The zero-order chi connectivity index (χ0) is 21.5. The summed E-state index contributed by atoms with van der Waals surface area (Å²) in [6, 6.07) is 4.11. The summed E-state index contributed by atoms with van der Waals surface area (Å²) in [5.41, 5.74) is 2.83. The monoisotopic (exact) mass is 422 g/mol. The Bertz CT molecular complexity index is 850. The molecule has 4 rings (SSSR count). The van der Waals surface area contributed by atoms with Crippen LogP contribution in [0.1, 0.15) is 68.8 Å². The van der Waals surface area contributed by atoms with Crippen LogP contribution in [0.4, 0.5) is 11.5 Å². The maximum atomic E-state index is 13.0. The predicted octanol–water partition coefficient (Wildman–Crippen LogP) is 4.24. The van der Waals surface area contributed by atoms with E-state index in [0.29, 0.717) is 12.2 Å². The fourth-order valence-corrected chi connectivity index (χ4v) is 4.78. The average Bonchev–Trinajstić information content (AvgIpc) is 3.12. The second-order valence-corrected chi connectivity index (χ2v) is 8.74. The molecule has 1 atom stereocenters. The molecule has 1 N–H and O–H groups in total. The summed E-state index contributed by atoms with van der Waals surface area (Å²) in [4.78, 5) is 30.8. The van der Waals surface area contributed by atoms with Crippen molar-refractivity contribution in [3.8, 4) is 0 Å². The molecule has 2 saturated heterocycles. The molecule has 0 saturated carbocycles. The standard InChI is InChI=1S/C24H34N6O/c1-19-16-20(28-23-18-25-10-11-26-23)17-21(27-19)22-8-6-15-30(22)24(31)9-7-14-29-12-4-2-3-5-13-29/h10-11,16-18,22H,2-9,12-15H2,1H3,(H,26,27,28)/t22-/m1/s1. The van der Waals surface area contributed by atoms with Crippen LogP contribution in [-0.4, -0.2) is 56.8 Å². The van der Waals surface area contributed by atoms with Gasteiger partial charge in [-0.3, -0.25) is 14.8 Å². The third-order valence-corrected chi connectivity index (χ3v) is 6.29. The number of hydrogen-bond donors (Lipinski definition) is 1. The molecule has 0 unspecified atom stereocenters. The Morgan fingerprint density at radius 3 is 2.71 bits per heavy atom. The number of nitrogens with one attached hydrogen (secondary N) is 1. The molecule has 0 radical (unpaired) electrons. The molecule has 166 valence electrons. The van der Waals surface area contributed by atoms with E-state index in [-0.39, 0.29) is 11.9 Å². The molecular formula is C24H34N6O. The molecule has 1 amide bonds. The third kappa shape index (κ3) is 6.00. The summed E-state index contributed by atoms with van der Waals surface area (Å²) in [7, 11) is 0. The number of nitrogens with zero attached hydrogens (tertiary/aromatic N) is 5. The predicted molar refractivity (Wildman–Crippen MR) is 122 cm³/mol. The number of aryl methyl sites for hydroxylation is 1. The molecule has 2 aromatic heterocycles. The van der Waals surface area contributed by atoms with Crippen LogP contribution in [0.2, 0.25) is 0 Å². The SMILES string of the molecule is Cc1cc(Nc2cnccn2)cc([C@H]2CCCN2C(=O)CCCN2CCCCCC2)n1. The van der Waals surface area contributed by atoms with Gasteiger partial charge in [0.25, 0.3) is 0 Å². The van der Waals surface area contributed by atoms with E-state index in [1.54, 1.807) is 18.6 Å². The largest absolute Gasteiger partial charge is 0.339 e. The summed E-state index contributed by atoms with van der Waals surface area (Å²) < 4.78 is 0. The van der Waals surface area contributed by atoms with Crippen molar-refractivity contribution < 1.29 is 4.79 Å².